The highest BCUT2D eigenvalue weighted by Gasteiger charge is 2.17. The fourth-order valence-corrected chi connectivity index (χ4v) is 2.48. The molecule has 1 aromatic carbocycles. The molecule has 0 fully saturated rings. The lowest BCUT2D eigenvalue weighted by Gasteiger charge is -2.24. The largest absolute Gasteiger partial charge is 0.478 e. The summed E-state index contributed by atoms with van der Waals surface area (Å²) in [5.74, 6) is -0.361. The molecule has 0 aliphatic rings. The van der Waals surface area contributed by atoms with E-state index < -0.39 is 5.97 Å². The maximum Gasteiger partial charge on any atom is 0.338 e. The summed E-state index contributed by atoms with van der Waals surface area (Å²) >= 11 is 1.47. The summed E-state index contributed by atoms with van der Waals surface area (Å²) in [5.41, 5.74) is 1.20. The normalized spacial score (nSPS) is 10.6. The van der Waals surface area contributed by atoms with E-state index in [1.54, 1.807) is 0 Å². The maximum atomic E-state index is 11.4. The molecule has 0 amide bonds. The minimum absolute atomic E-state index is 0.406. The van der Waals surface area contributed by atoms with Crippen molar-refractivity contribution < 1.29 is 9.90 Å². The van der Waals surface area contributed by atoms with Gasteiger partial charge in [0.05, 0.1) is 11.3 Å². The van der Waals surface area contributed by atoms with Gasteiger partial charge in [-0.05, 0) is 24.3 Å². The molecule has 4 heteroatoms. The first-order valence-electron chi connectivity index (χ1n) is 5.58. The third-order valence-corrected chi connectivity index (χ3v) is 3.27. The number of anilines is 1. The Morgan fingerprint density at radius 2 is 2.12 bits per heavy atom. The first-order chi connectivity index (χ1) is 7.97. The van der Waals surface area contributed by atoms with Gasteiger partial charge in [-0.2, -0.15) is 0 Å². The minimum Gasteiger partial charge on any atom is -0.478 e. The second-order valence-corrected chi connectivity index (χ2v) is 5.28. The standard InChI is InChI=1S/C13H19NO2S/c1-9(2)8-14(3)10-6-5-7-11(17-4)12(10)13(15)16/h5-7,9H,8H2,1-4H3,(H,15,16). The number of carbonyl (C=O) groups is 1. The molecule has 0 saturated heterocycles. The maximum absolute atomic E-state index is 11.4. The Hall–Kier alpha value is -1.16. The SMILES string of the molecule is CSc1cccc(N(C)CC(C)C)c1C(=O)O. The number of thioether (sulfide) groups is 1. The molecule has 0 unspecified atom stereocenters. The molecule has 0 heterocycles. The molecule has 3 nitrogen and oxygen atoms in total. The third-order valence-electron chi connectivity index (χ3n) is 2.49. The molecule has 1 rings (SSSR count). The van der Waals surface area contributed by atoms with Crippen molar-refractivity contribution in [1.29, 1.82) is 0 Å². The molecule has 0 aliphatic carbocycles. The van der Waals surface area contributed by atoms with Crippen molar-refractivity contribution in [2.24, 2.45) is 5.92 Å². The van der Waals surface area contributed by atoms with E-state index in [0.29, 0.717) is 11.5 Å². The number of carboxylic acid groups (broad SMARTS) is 1. The average Bonchev–Trinajstić information content (AvgIpc) is 2.26. The molecular weight excluding hydrogens is 234 g/mol. The van der Waals surface area contributed by atoms with E-state index in [1.807, 2.05) is 36.4 Å². The fraction of sp³-hybridized carbons (Fsp3) is 0.462. The molecule has 0 saturated carbocycles. The highest BCUT2D eigenvalue weighted by Crippen LogP contribution is 2.29. The zero-order valence-corrected chi connectivity index (χ0v) is 11.5. The quantitative estimate of drug-likeness (QED) is 0.818. The van der Waals surface area contributed by atoms with Gasteiger partial charge < -0.3 is 10.0 Å². The van der Waals surface area contributed by atoms with E-state index in [-0.39, 0.29) is 0 Å². The third kappa shape index (κ3) is 3.40. The second kappa shape index (κ2) is 5.96. The monoisotopic (exact) mass is 253 g/mol. The Balaban J connectivity index is 3.18. The van der Waals surface area contributed by atoms with Crippen LogP contribution in [0.5, 0.6) is 0 Å². The van der Waals surface area contributed by atoms with Crippen LogP contribution >= 0.6 is 11.8 Å². The number of hydrogen-bond donors (Lipinski definition) is 1. The highest BCUT2D eigenvalue weighted by atomic mass is 32.2. The summed E-state index contributed by atoms with van der Waals surface area (Å²) in [5, 5.41) is 9.32. The summed E-state index contributed by atoms with van der Waals surface area (Å²) in [6.45, 7) is 5.09. The minimum atomic E-state index is -0.861. The molecule has 94 valence electrons. The van der Waals surface area contributed by atoms with Crippen molar-refractivity contribution in [3.63, 3.8) is 0 Å². The Kier molecular flexibility index (Phi) is 4.87. The van der Waals surface area contributed by atoms with Crippen LogP contribution in [0.25, 0.3) is 0 Å². The van der Waals surface area contributed by atoms with Crippen molar-refractivity contribution in [1.82, 2.24) is 0 Å². The van der Waals surface area contributed by atoms with Gasteiger partial charge in [0.2, 0.25) is 0 Å². The van der Waals surface area contributed by atoms with Crippen molar-refractivity contribution in [3.05, 3.63) is 23.8 Å². The van der Waals surface area contributed by atoms with E-state index in [2.05, 4.69) is 13.8 Å². The Labute approximate surface area is 107 Å². The topological polar surface area (TPSA) is 40.5 Å². The van der Waals surface area contributed by atoms with Gasteiger partial charge in [0.1, 0.15) is 0 Å². The Morgan fingerprint density at radius 1 is 1.47 bits per heavy atom. The van der Waals surface area contributed by atoms with Gasteiger partial charge in [-0.1, -0.05) is 19.9 Å². The smallest absolute Gasteiger partial charge is 0.338 e. The lowest BCUT2D eigenvalue weighted by Crippen LogP contribution is -2.24. The van der Waals surface area contributed by atoms with Gasteiger partial charge in [-0.15, -0.1) is 11.8 Å². The van der Waals surface area contributed by atoms with Gasteiger partial charge >= 0.3 is 5.97 Å². The zero-order chi connectivity index (χ0) is 13.0. The van der Waals surface area contributed by atoms with Crippen LogP contribution in [0.3, 0.4) is 0 Å². The molecular formula is C13H19NO2S. The van der Waals surface area contributed by atoms with E-state index in [1.165, 1.54) is 11.8 Å². The predicted molar refractivity (Wildman–Crippen MR) is 73.3 cm³/mol. The molecule has 17 heavy (non-hydrogen) atoms. The molecule has 0 aliphatic heterocycles. The summed E-state index contributed by atoms with van der Waals surface area (Å²) in [6.07, 6.45) is 1.90. The number of carboxylic acids is 1. The van der Waals surface area contributed by atoms with E-state index >= 15 is 0 Å². The Morgan fingerprint density at radius 3 is 2.59 bits per heavy atom. The first kappa shape index (κ1) is 13.9. The van der Waals surface area contributed by atoms with Crippen LogP contribution in [0.15, 0.2) is 23.1 Å². The van der Waals surface area contributed by atoms with Crippen molar-refractivity contribution >= 4 is 23.4 Å². The number of benzene rings is 1. The number of hydrogen-bond acceptors (Lipinski definition) is 3. The zero-order valence-electron chi connectivity index (χ0n) is 10.7. The lowest BCUT2D eigenvalue weighted by molar-refractivity contribution is 0.0694. The van der Waals surface area contributed by atoms with Crippen molar-refractivity contribution in [2.45, 2.75) is 18.7 Å². The highest BCUT2D eigenvalue weighted by molar-refractivity contribution is 7.98. The molecule has 0 radical (unpaired) electrons. The molecule has 0 atom stereocenters. The van der Waals surface area contributed by atoms with Crippen LogP contribution in [0, 0.1) is 5.92 Å². The van der Waals surface area contributed by atoms with Gasteiger partial charge in [0.25, 0.3) is 0 Å². The summed E-state index contributed by atoms with van der Waals surface area (Å²) in [6, 6.07) is 5.62. The lowest BCUT2D eigenvalue weighted by atomic mass is 10.1. The summed E-state index contributed by atoms with van der Waals surface area (Å²) < 4.78 is 0. The van der Waals surface area contributed by atoms with E-state index in [9.17, 15) is 9.90 Å². The van der Waals surface area contributed by atoms with E-state index in [4.69, 9.17) is 0 Å². The number of rotatable bonds is 5. The Bertz CT molecular complexity index is 404. The van der Waals surface area contributed by atoms with Crippen LogP contribution in [0.1, 0.15) is 24.2 Å². The second-order valence-electron chi connectivity index (χ2n) is 4.43. The summed E-state index contributed by atoms with van der Waals surface area (Å²) in [7, 11) is 1.94. The molecule has 0 spiro atoms. The molecule has 0 aromatic heterocycles. The van der Waals surface area contributed by atoms with E-state index in [0.717, 1.165) is 17.1 Å². The van der Waals surface area contributed by atoms with Crippen LogP contribution in [0.2, 0.25) is 0 Å². The van der Waals surface area contributed by atoms with Gasteiger partial charge in [-0.25, -0.2) is 4.79 Å². The average molecular weight is 253 g/mol. The fourth-order valence-electron chi connectivity index (χ4n) is 1.87. The van der Waals surface area contributed by atoms with Gasteiger partial charge in [-0.3, -0.25) is 0 Å². The van der Waals surface area contributed by atoms with Crippen molar-refractivity contribution in [3.8, 4) is 0 Å². The molecule has 1 N–H and O–H groups in total. The van der Waals surface area contributed by atoms with Crippen LogP contribution in [-0.2, 0) is 0 Å². The van der Waals surface area contributed by atoms with Crippen molar-refractivity contribution in [2.75, 3.05) is 24.7 Å². The molecule has 0 bridgehead atoms. The number of aromatic carboxylic acids is 1. The molecule has 1 aromatic rings. The van der Waals surface area contributed by atoms with Gasteiger partial charge in [0.15, 0.2) is 0 Å². The predicted octanol–water partition coefficient (Wildman–Crippen LogP) is 3.20. The van der Waals surface area contributed by atoms with Crippen LogP contribution < -0.4 is 4.90 Å². The van der Waals surface area contributed by atoms with Crippen LogP contribution in [-0.4, -0.2) is 30.9 Å². The number of nitrogens with zero attached hydrogens (tertiary/aromatic N) is 1. The van der Waals surface area contributed by atoms with Gasteiger partial charge in [0, 0.05) is 18.5 Å². The first-order valence-corrected chi connectivity index (χ1v) is 6.81. The van der Waals surface area contributed by atoms with Crippen LogP contribution in [0.4, 0.5) is 5.69 Å². The summed E-state index contributed by atoms with van der Waals surface area (Å²) in [4.78, 5) is 14.2.